The van der Waals surface area contributed by atoms with Crippen molar-refractivity contribution in [3.63, 3.8) is 0 Å². The first kappa shape index (κ1) is 13.7. The first-order valence-electron chi connectivity index (χ1n) is 5.55. The lowest BCUT2D eigenvalue weighted by molar-refractivity contribution is 0.251. The number of anilines is 2. The van der Waals surface area contributed by atoms with Gasteiger partial charge in [0.2, 0.25) is 0 Å². The minimum Gasteiger partial charge on any atom is -0.399 e. The van der Waals surface area contributed by atoms with Crippen LogP contribution in [0.2, 0.25) is 0 Å². The second kappa shape index (κ2) is 5.31. The molecule has 0 aliphatic carbocycles. The van der Waals surface area contributed by atoms with Crippen molar-refractivity contribution in [3.05, 3.63) is 23.8 Å². The summed E-state index contributed by atoms with van der Waals surface area (Å²) in [5.74, 6) is -1.44. The largest absolute Gasteiger partial charge is 0.399 e. The van der Waals surface area contributed by atoms with Gasteiger partial charge in [0, 0.05) is 17.8 Å². The second-order valence-electron chi connectivity index (χ2n) is 4.37. The summed E-state index contributed by atoms with van der Waals surface area (Å²) in [6.45, 7) is 3.64. The van der Waals surface area contributed by atoms with E-state index in [-0.39, 0.29) is 18.0 Å². The molecule has 0 bridgehead atoms. The third-order valence-corrected chi connectivity index (χ3v) is 2.94. The SMILES string of the molecule is CCC(C)(CCO)Nc1c(F)cc(N)cc1F. The highest BCUT2D eigenvalue weighted by atomic mass is 19.1. The number of benzene rings is 1. The minimum absolute atomic E-state index is 0.0461. The number of hydrogen-bond acceptors (Lipinski definition) is 3. The molecular formula is C12H18F2N2O. The van der Waals surface area contributed by atoms with E-state index in [4.69, 9.17) is 10.8 Å². The van der Waals surface area contributed by atoms with E-state index in [0.29, 0.717) is 12.8 Å². The van der Waals surface area contributed by atoms with E-state index in [1.54, 1.807) is 6.92 Å². The summed E-state index contributed by atoms with van der Waals surface area (Å²) in [7, 11) is 0. The van der Waals surface area contributed by atoms with E-state index < -0.39 is 17.2 Å². The Balaban J connectivity index is 3.01. The lowest BCUT2D eigenvalue weighted by atomic mass is 9.94. The van der Waals surface area contributed by atoms with Crippen LogP contribution in [0, 0.1) is 11.6 Å². The molecule has 17 heavy (non-hydrogen) atoms. The summed E-state index contributed by atoms with van der Waals surface area (Å²) in [5.41, 5.74) is 4.64. The number of aliphatic hydroxyl groups excluding tert-OH is 1. The Kier molecular flexibility index (Phi) is 4.28. The van der Waals surface area contributed by atoms with E-state index in [1.165, 1.54) is 0 Å². The molecule has 0 saturated carbocycles. The zero-order valence-electron chi connectivity index (χ0n) is 10.1. The average molecular weight is 244 g/mol. The van der Waals surface area contributed by atoms with Crippen LogP contribution < -0.4 is 11.1 Å². The van der Waals surface area contributed by atoms with Crippen molar-refractivity contribution < 1.29 is 13.9 Å². The van der Waals surface area contributed by atoms with E-state index in [2.05, 4.69) is 5.32 Å². The molecule has 96 valence electrons. The summed E-state index contributed by atoms with van der Waals surface area (Å²) in [6, 6.07) is 2.14. The van der Waals surface area contributed by atoms with Crippen molar-refractivity contribution in [3.8, 4) is 0 Å². The fourth-order valence-corrected chi connectivity index (χ4v) is 1.59. The van der Waals surface area contributed by atoms with Gasteiger partial charge in [-0.25, -0.2) is 8.78 Å². The quantitative estimate of drug-likeness (QED) is 0.697. The van der Waals surface area contributed by atoms with E-state index >= 15 is 0 Å². The van der Waals surface area contributed by atoms with Crippen molar-refractivity contribution in [1.29, 1.82) is 0 Å². The Hall–Kier alpha value is -1.36. The number of rotatable bonds is 5. The highest BCUT2D eigenvalue weighted by molar-refractivity contribution is 5.55. The normalized spacial score (nSPS) is 14.4. The molecule has 0 heterocycles. The zero-order valence-corrected chi connectivity index (χ0v) is 10.1. The Labute approximate surface area is 99.6 Å². The lowest BCUT2D eigenvalue weighted by Crippen LogP contribution is -2.35. The lowest BCUT2D eigenvalue weighted by Gasteiger charge is -2.30. The Morgan fingerprint density at radius 3 is 2.29 bits per heavy atom. The summed E-state index contributed by atoms with van der Waals surface area (Å²) in [6.07, 6.45) is 1.05. The van der Waals surface area contributed by atoms with Gasteiger partial charge in [-0.1, -0.05) is 6.92 Å². The van der Waals surface area contributed by atoms with Crippen molar-refractivity contribution in [2.45, 2.75) is 32.2 Å². The third-order valence-electron chi connectivity index (χ3n) is 2.94. The van der Waals surface area contributed by atoms with E-state index in [1.807, 2.05) is 6.92 Å². The molecule has 1 aromatic carbocycles. The van der Waals surface area contributed by atoms with E-state index in [0.717, 1.165) is 12.1 Å². The zero-order chi connectivity index (χ0) is 13.1. The predicted octanol–water partition coefficient (Wildman–Crippen LogP) is 2.51. The van der Waals surface area contributed by atoms with Crippen LogP contribution >= 0.6 is 0 Å². The maximum atomic E-state index is 13.6. The maximum Gasteiger partial charge on any atom is 0.151 e. The molecule has 4 N–H and O–H groups in total. The van der Waals surface area contributed by atoms with Crippen molar-refractivity contribution >= 4 is 11.4 Å². The van der Waals surface area contributed by atoms with Gasteiger partial charge >= 0.3 is 0 Å². The van der Waals surface area contributed by atoms with Crippen LogP contribution in [0.5, 0.6) is 0 Å². The van der Waals surface area contributed by atoms with Crippen LogP contribution in [0.4, 0.5) is 20.2 Å². The summed E-state index contributed by atoms with van der Waals surface area (Å²) in [5, 5.41) is 11.8. The van der Waals surface area contributed by atoms with Crippen LogP contribution in [0.3, 0.4) is 0 Å². The summed E-state index contributed by atoms with van der Waals surface area (Å²) in [4.78, 5) is 0. The number of halogens is 2. The van der Waals surface area contributed by atoms with Crippen LogP contribution in [0.1, 0.15) is 26.7 Å². The smallest absolute Gasteiger partial charge is 0.151 e. The van der Waals surface area contributed by atoms with Crippen molar-refractivity contribution in [1.82, 2.24) is 0 Å². The monoisotopic (exact) mass is 244 g/mol. The van der Waals surface area contributed by atoms with Gasteiger partial charge in [0.25, 0.3) is 0 Å². The molecule has 0 spiro atoms. The first-order valence-corrected chi connectivity index (χ1v) is 5.55. The number of hydrogen-bond donors (Lipinski definition) is 3. The van der Waals surface area contributed by atoms with Gasteiger partial charge in [-0.3, -0.25) is 0 Å². The van der Waals surface area contributed by atoms with Gasteiger partial charge in [-0.05, 0) is 31.9 Å². The average Bonchev–Trinajstić information content (AvgIpc) is 2.24. The van der Waals surface area contributed by atoms with Crippen LogP contribution in [-0.4, -0.2) is 17.3 Å². The topological polar surface area (TPSA) is 58.3 Å². The Morgan fingerprint density at radius 1 is 1.35 bits per heavy atom. The molecule has 1 unspecified atom stereocenters. The molecule has 5 heteroatoms. The fourth-order valence-electron chi connectivity index (χ4n) is 1.59. The van der Waals surface area contributed by atoms with Crippen LogP contribution in [-0.2, 0) is 0 Å². The number of nitrogen functional groups attached to an aromatic ring is 1. The molecule has 0 fully saturated rings. The van der Waals surface area contributed by atoms with Gasteiger partial charge in [-0.15, -0.1) is 0 Å². The van der Waals surface area contributed by atoms with Gasteiger partial charge < -0.3 is 16.2 Å². The van der Waals surface area contributed by atoms with Gasteiger partial charge in [-0.2, -0.15) is 0 Å². The predicted molar refractivity (Wildman–Crippen MR) is 64.8 cm³/mol. The molecule has 0 aliphatic heterocycles. The fraction of sp³-hybridized carbons (Fsp3) is 0.500. The highest BCUT2D eigenvalue weighted by Gasteiger charge is 2.24. The molecule has 0 saturated heterocycles. The van der Waals surface area contributed by atoms with Gasteiger partial charge in [0.05, 0.1) is 0 Å². The number of nitrogens with one attached hydrogen (secondary N) is 1. The molecule has 1 atom stereocenters. The third kappa shape index (κ3) is 3.30. The Morgan fingerprint density at radius 2 is 1.88 bits per heavy atom. The number of aliphatic hydroxyl groups is 1. The molecule has 0 aliphatic rings. The standard InChI is InChI=1S/C12H18F2N2O/c1-3-12(2,4-5-17)16-11-9(13)6-8(15)7-10(11)14/h6-7,16-17H,3-5,15H2,1-2H3. The van der Waals surface area contributed by atoms with Crippen LogP contribution in [0.25, 0.3) is 0 Å². The molecular weight excluding hydrogens is 226 g/mol. The van der Waals surface area contributed by atoms with Crippen molar-refractivity contribution in [2.24, 2.45) is 0 Å². The first-order chi connectivity index (χ1) is 7.91. The minimum atomic E-state index is -0.722. The molecule has 0 aromatic heterocycles. The molecule has 0 amide bonds. The Bertz CT molecular complexity index is 375. The molecule has 0 radical (unpaired) electrons. The highest BCUT2D eigenvalue weighted by Crippen LogP contribution is 2.27. The summed E-state index contributed by atoms with van der Waals surface area (Å²) >= 11 is 0. The molecule has 3 nitrogen and oxygen atoms in total. The van der Waals surface area contributed by atoms with E-state index in [9.17, 15) is 8.78 Å². The van der Waals surface area contributed by atoms with Gasteiger partial charge in [0.1, 0.15) is 5.69 Å². The van der Waals surface area contributed by atoms with Gasteiger partial charge in [0.15, 0.2) is 11.6 Å². The van der Waals surface area contributed by atoms with Crippen LogP contribution in [0.15, 0.2) is 12.1 Å². The number of nitrogens with two attached hydrogens (primary N) is 1. The van der Waals surface area contributed by atoms with Crippen molar-refractivity contribution in [2.75, 3.05) is 17.7 Å². The summed E-state index contributed by atoms with van der Waals surface area (Å²) < 4.78 is 27.1. The maximum absolute atomic E-state index is 13.6. The molecule has 1 aromatic rings. The molecule has 1 rings (SSSR count). The second-order valence-corrected chi connectivity index (χ2v) is 4.37.